The highest BCUT2D eigenvalue weighted by Gasteiger charge is 2.26. The molecule has 0 heterocycles. The number of rotatable bonds is 64. The fourth-order valence-electron chi connectivity index (χ4n) is 9.26. The molecule has 0 bridgehead atoms. The van der Waals surface area contributed by atoms with Crippen LogP contribution in [0, 0.1) is 0 Å². The lowest BCUT2D eigenvalue weighted by molar-refractivity contribution is -0.161. The molecule has 0 saturated carbocycles. The van der Waals surface area contributed by atoms with Crippen LogP contribution in [-0.4, -0.2) is 49.3 Å². The fraction of sp³-hybridized carbons (Fsp3) is 0.636. The third kappa shape index (κ3) is 70.6. The van der Waals surface area contributed by atoms with Crippen LogP contribution in [-0.2, 0) is 32.7 Å². The summed E-state index contributed by atoms with van der Waals surface area (Å²) in [7, 11) is -4.41. The van der Waals surface area contributed by atoms with Crippen LogP contribution in [0.15, 0.2) is 158 Å². The SMILES string of the molecule is CC/C=C\C/C=C\C/C=C\C/C=C\C/C=C\C/C=C\C/C=C\C/C=C\C/C=C\C/C=C\CCCCCCCCC(=O)OC(COC(=O)CCCCCCCCCCCCCCCC/C=C\C/C=C\C/C=C\CCCCCCC)COP(=O)(O)OCCN. The Morgan fingerprint density at radius 3 is 0.943 bits per heavy atom. The molecule has 0 aliphatic heterocycles. The van der Waals surface area contributed by atoms with E-state index >= 15 is 0 Å². The highest BCUT2D eigenvalue weighted by molar-refractivity contribution is 7.47. The number of esters is 2. The molecule has 0 aromatic rings. The van der Waals surface area contributed by atoms with Crippen molar-refractivity contribution in [1.82, 2.24) is 0 Å². The summed E-state index contributed by atoms with van der Waals surface area (Å²) in [6.07, 6.45) is 103. The number of carbonyl (C=O) groups excluding carboxylic acids is 2. The van der Waals surface area contributed by atoms with Crippen molar-refractivity contribution >= 4 is 19.8 Å². The van der Waals surface area contributed by atoms with Gasteiger partial charge in [-0.05, 0) is 128 Å². The number of phosphoric acid groups is 1. The van der Waals surface area contributed by atoms with Crippen LogP contribution in [0.3, 0.4) is 0 Å². The molecule has 0 fully saturated rings. The summed E-state index contributed by atoms with van der Waals surface area (Å²) < 4.78 is 33.2. The number of ether oxygens (including phenoxy) is 2. The Hall–Kier alpha value is -4.37. The molecule has 0 saturated heterocycles. The zero-order valence-electron chi connectivity index (χ0n) is 55.4. The molecule has 0 aliphatic carbocycles. The predicted octanol–water partition coefficient (Wildman–Crippen LogP) is 23.2. The van der Waals surface area contributed by atoms with E-state index < -0.39 is 26.5 Å². The number of phosphoric ester groups is 1. The molecule has 494 valence electrons. The minimum atomic E-state index is -4.41. The van der Waals surface area contributed by atoms with Gasteiger partial charge in [-0.25, -0.2) is 4.57 Å². The number of nitrogens with two attached hydrogens (primary N) is 1. The van der Waals surface area contributed by atoms with Gasteiger partial charge in [-0.1, -0.05) is 300 Å². The Morgan fingerprint density at radius 2 is 0.632 bits per heavy atom. The predicted molar refractivity (Wildman–Crippen MR) is 376 cm³/mol. The smallest absolute Gasteiger partial charge is 0.462 e. The minimum absolute atomic E-state index is 0.0432. The van der Waals surface area contributed by atoms with Crippen molar-refractivity contribution in [3.63, 3.8) is 0 Å². The van der Waals surface area contributed by atoms with E-state index in [1.807, 2.05) is 0 Å². The Kier molecular flexibility index (Phi) is 67.2. The van der Waals surface area contributed by atoms with Crippen LogP contribution in [0.2, 0.25) is 0 Å². The van der Waals surface area contributed by atoms with Crippen LogP contribution in [0.4, 0.5) is 0 Å². The number of hydrogen-bond donors (Lipinski definition) is 2. The molecule has 2 atom stereocenters. The van der Waals surface area contributed by atoms with E-state index in [9.17, 15) is 19.0 Å². The van der Waals surface area contributed by atoms with E-state index in [2.05, 4.69) is 172 Å². The molecule has 87 heavy (non-hydrogen) atoms. The lowest BCUT2D eigenvalue weighted by atomic mass is 10.0. The third-order valence-corrected chi connectivity index (χ3v) is 15.4. The summed E-state index contributed by atoms with van der Waals surface area (Å²) in [6, 6.07) is 0. The van der Waals surface area contributed by atoms with Gasteiger partial charge in [0.25, 0.3) is 0 Å². The Bertz CT molecular complexity index is 1980. The second kappa shape index (κ2) is 70.7. The Morgan fingerprint density at radius 1 is 0.356 bits per heavy atom. The normalized spacial score (nSPS) is 13.9. The maximum atomic E-state index is 12.8. The van der Waals surface area contributed by atoms with Gasteiger partial charge in [0.05, 0.1) is 13.2 Å². The molecular formula is C77H128NO8P. The van der Waals surface area contributed by atoms with Gasteiger partial charge in [0.15, 0.2) is 6.10 Å². The van der Waals surface area contributed by atoms with Crippen molar-refractivity contribution in [2.75, 3.05) is 26.4 Å². The standard InChI is InChI=1S/C77H128NO8P/c1-3-5-7-9-11-13-15-17-19-21-23-25-27-29-31-33-34-35-36-37-38-39-40-42-44-46-48-50-52-54-56-58-60-62-64-66-68-70-77(80)86-75(74-85-87(81,82)84-72-71-78)73-83-76(79)69-67-65-63-61-59-57-55-53-51-49-47-45-43-41-32-30-28-26-24-22-20-18-16-14-12-10-8-6-4-2/h5,7,11,13,16-19,22-25,28-31,34-35,37-38,40,42,46,48,52,54,75H,3-4,6,8-10,12,14-15,20-21,26-27,32-33,36,39,41,43-45,47,49-51,53,55-74,78H2,1-2H3,(H,81,82)/b7-5-,13-11-,18-16-,19-17-,24-22-,25-23-,30-28-,31-29-,35-34-,38-37-,42-40-,48-46-,54-52-. The molecule has 0 aromatic carbocycles. The van der Waals surface area contributed by atoms with E-state index in [-0.39, 0.29) is 38.6 Å². The van der Waals surface area contributed by atoms with E-state index in [1.54, 1.807) is 0 Å². The van der Waals surface area contributed by atoms with Crippen LogP contribution in [0.25, 0.3) is 0 Å². The van der Waals surface area contributed by atoms with Gasteiger partial charge in [0.2, 0.25) is 0 Å². The van der Waals surface area contributed by atoms with Crippen molar-refractivity contribution in [3.8, 4) is 0 Å². The first-order valence-corrected chi connectivity index (χ1v) is 36.5. The van der Waals surface area contributed by atoms with Gasteiger partial charge in [-0.2, -0.15) is 0 Å². The van der Waals surface area contributed by atoms with Crippen molar-refractivity contribution in [2.24, 2.45) is 5.73 Å². The second-order valence-corrected chi connectivity index (χ2v) is 24.1. The molecule has 0 spiro atoms. The lowest BCUT2D eigenvalue weighted by Gasteiger charge is -2.19. The first-order chi connectivity index (χ1) is 42.8. The van der Waals surface area contributed by atoms with Gasteiger partial charge in [-0.15, -0.1) is 0 Å². The monoisotopic (exact) mass is 1230 g/mol. The van der Waals surface area contributed by atoms with Gasteiger partial charge in [-0.3, -0.25) is 18.6 Å². The molecule has 10 heteroatoms. The number of carbonyl (C=O) groups is 2. The average molecular weight is 1230 g/mol. The summed E-state index contributed by atoms with van der Waals surface area (Å²) in [4.78, 5) is 35.4. The molecule has 3 N–H and O–H groups in total. The average Bonchev–Trinajstić information content (AvgIpc) is 3.65. The van der Waals surface area contributed by atoms with Crippen molar-refractivity contribution in [2.45, 2.75) is 290 Å². The van der Waals surface area contributed by atoms with Gasteiger partial charge in [0, 0.05) is 19.4 Å². The minimum Gasteiger partial charge on any atom is -0.462 e. The maximum absolute atomic E-state index is 12.8. The summed E-state index contributed by atoms with van der Waals surface area (Å²) >= 11 is 0. The van der Waals surface area contributed by atoms with Crippen LogP contribution < -0.4 is 5.73 Å². The zero-order valence-corrected chi connectivity index (χ0v) is 56.3. The van der Waals surface area contributed by atoms with E-state index in [1.165, 1.54) is 116 Å². The van der Waals surface area contributed by atoms with Gasteiger partial charge >= 0.3 is 19.8 Å². The lowest BCUT2D eigenvalue weighted by Crippen LogP contribution is -2.29. The van der Waals surface area contributed by atoms with Crippen molar-refractivity contribution in [3.05, 3.63) is 158 Å². The third-order valence-electron chi connectivity index (χ3n) is 14.4. The number of hydrogen-bond acceptors (Lipinski definition) is 8. The highest BCUT2D eigenvalue weighted by Crippen LogP contribution is 2.43. The van der Waals surface area contributed by atoms with Crippen LogP contribution >= 0.6 is 7.82 Å². The van der Waals surface area contributed by atoms with E-state index in [0.29, 0.717) is 6.42 Å². The molecule has 0 aliphatic rings. The summed E-state index contributed by atoms with van der Waals surface area (Å²) in [5.41, 5.74) is 5.40. The summed E-state index contributed by atoms with van der Waals surface area (Å²) in [5, 5.41) is 0. The van der Waals surface area contributed by atoms with Crippen LogP contribution in [0.5, 0.6) is 0 Å². The summed E-state index contributed by atoms with van der Waals surface area (Å²) in [5.74, 6) is -0.850. The molecule has 0 amide bonds. The molecule has 2 unspecified atom stereocenters. The molecule has 9 nitrogen and oxygen atoms in total. The Labute approximate surface area is 534 Å². The van der Waals surface area contributed by atoms with Gasteiger partial charge < -0.3 is 20.1 Å². The highest BCUT2D eigenvalue weighted by atomic mass is 31.2. The number of unbranched alkanes of at least 4 members (excludes halogenated alkanes) is 25. The zero-order chi connectivity index (χ0) is 63.0. The van der Waals surface area contributed by atoms with Crippen molar-refractivity contribution in [1.29, 1.82) is 0 Å². The number of allylic oxidation sites excluding steroid dienone is 26. The Balaban J connectivity index is 4.00. The maximum Gasteiger partial charge on any atom is 0.472 e. The first kappa shape index (κ1) is 82.6. The quantitative estimate of drug-likeness (QED) is 0.0264. The van der Waals surface area contributed by atoms with Gasteiger partial charge in [0.1, 0.15) is 6.61 Å². The van der Waals surface area contributed by atoms with Crippen LogP contribution in [0.1, 0.15) is 284 Å². The topological polar surface area (TPSA) is 134 Å². The summed E-state index contributed by atoms with van der Waals surface area (Å²) in [6.45, 7) is 3.60. The largest absolute Gasteiger partial charge is 0.472 e. The fourth-order valence-corrected chi connectivity index (χ4v) is 10.0. The molecule has 0 aromatic heterocycles. The second-order valence-electron chi connectivity index (χ2n) is 22.7. The van der Waals surface area contributed by atoms with E-state index in [0.717, 1.165) is 135 Å². The molecule has 0 radical (unpaired) electrons. The first-order valence-electron chi connectivity index (χ1n) is 35.0. The van der Waals surface area contributed by atoms with Crippen molar-refractivity contribution < 1.29 is 37.6 Å². The molecular weight excluding hydrogens is 1100 g/mol. The van der Waals surface area contributed by atoms with E-state index in [4.69, 9.17) is 24.3 Å². The molecule has 0 rings (SSSR count).